The van der Waals surface area contributed by atoms with Crippen LogP contribution >= 0.6 is 27.3 Å². The highest BCUT2D eigenvalue weighted by molar-refractivity contribution is 9.10. The molecule has 1 aromatic carbocycles. The summed E-state index contributed by atoms with van der Waals surface area (Å²) < 4.78 is 2.00. The van der Waals surface area contributed by atoms with E-state index in [0.717, 1.165) is 45.8 Å². The molecule has 6 heteroatoms. The van der Waals surface area contributed by atoms with Gasteiger partial charge in [0.05, 0.1) is 10.7 Å². The van der Waals surface area contributed by atoms with Crippen molar-refractivity contribution in [2.45, 2.75) is 31.7 Å². The Bertz CT molecular complexity index is 896. The number of halogens is 1. The molecule has 0 amide bonds. The lowest BCUT2D eigenvalue weighted by Gasteiger charge is -2.22. The van der Waals surface area contributed by atoms with E-state index in [9.17, 15) is 4.79 Å². The smallest absolute Gasteiger partial charge is 0.188 e. The molecule has 1 atom stereocenters. The number of Topliss-reactive ketones (excluding diaryl/α,β-unsaturated/α-hetero) is 1. The molecule has 1 aliphatic heterocycles. The van der Waals surface area contributed by atoms with Crippen LogP contribution in [0.3, 0.4) is 0 Å². The molecule has 0 N–H and O–H groups in total. The highest BCUT2D eigenvalue weighted by Gasteiger charge is 2.32. The molecule has 4 rings (SSSR count). The molecule has 0 radical (unpaired) electrons. The number of pyridine rings is 1. The van der Waals surface area contributed by atoms with E-state index in [1.165, 1.54) is 5.56 Å². The molecule has 1 saturated heterocycles. The van der Waals surface area contributed by atoms with Crippen molar-refractivity contribution in [3.63, 3.8) is 0 Å². The van der Waals surface area contributed by atoms with Gasteiger partial charge in [-0.15, -0.1) is 0 Å². The first-order valence-corrected chi connectivity index (χ1v) is 10.1. The molecule has 0 saturated carbocycles. The zero-order valence-corrected chi connectivity index (χ0v) is 16.1. The van der Waals surface area contributed by atoms with E-state index in [-0.39, 0.29) is 6.04 Å². The Hall–Kier alpha value is -1.79. The highest BCUT2D eigenvalue weighted by atomic mass is 79.9. The molecule has 1 aliphatic rings. The van der Waals surface area contributed by atoms with Gasteiger partial charge in [0.15, 0.2) is 16.6 Å². The summed E-state index contributed by atoms with van der Waals surface area (Å²) in [6.45, 7) is 0.892. The van der Waals surface area contributed by atoms with Gasteiger partial charge in [-0.3, -0.25) is 4.79 Å². The zero-order valence-electron chi connectivity index (χ0n) is 13.7. The highest BCUT2D eigenvalue weighted by Crippen LogP contribution is 2.34. The van der Waals surface area contributed by atoms with Crippen LogP contribution in [0.2, 0.25) is 0 Å². The molecular weight excluding hydrogens is 398 g/mol. The van der Waals surface area contributed by atoms with E-state index in [1.54, 1.807) is 17.5 Å². The maximum absolute atomic E-state index is 12.8. The Kier molecular flexibility index (Phi) is 4.81. The summed E-state index contributed by atoms with van der Waals surface area (Å²) in [6, 6.07) is 12.2. The fourth-order valence-electron chi connectivity index (χ4n) is 3.32. The number of nitrogens with zero attached hydrogens (tertiary/aromatic N) is 3. The van der Waals surface area contributed by atoms with Crippen molar-refractivity contribution in [3.05, 3.63) is 52.6 Å². The fourth-order valence-corrected chi connectivity index (χ4v) is 4.84. The van der Waals surface area contributed by atoms with E-state index in [1.807, 2.05) is 24.3 Å². The maximum atomic E-state index is 12.8. The third kappa shape index (κ3) is 3.60. The molecule has 0 spiro atoms. The lowest BCUT2D eigenvalue weighted by atomic mass is 10.0. The number of rotatable bonds is 5. The first-order valence-electron chi connectivity index (χ1n) is 8.46. The summed E-state index contributed by atoms with van der Waals surface area (Å²) >= 11 is 5.07. The van der Waals surface area contributed by atoms with Crippen LogP contribution in [0.15, 0.2) is 47.1 Å². The third-order valence-electron chi connectivity index (χ3n) is 4.58. The number of carbonyl (C=O) groups is 1. The van der Waals surface area contributed by atoms with Gasteiger partial charge in [-0.1, -0.05) is 41.7 Å². The third-order valence-corrected chi connectivity index (χ3v) is 6.04. The van der Waals surface area contributed by atoms with Gasteiger partial charge in [-0.2, -0.15) is 4.98 Å². The topological polar surface area (TPSA) is 46.1 Å². The Morgan fingerprint density at radius 2 is 2.16 bits per heavy atom. The summed E-state index contributed by atoms with van der Waals surface area (Å²) in [6.07, 6.45) is 5.10. The standard InChI is InChI=1S/C19H18BrN3OS/c20-14-11-17-18(21-12-14)22-19(25-17)23-10-4-7-15(23)16(24)9-8-13-5-2-1-3-6-13/h1-3,5-6,11-12,15H,4,7-10H2/t15-/m1/s1. The average Bonchev–Trinajstić information content (AvgIpc) is 3.26. The predicted octanol–water partition coefficient (Wildman–Crippen LogP) is 4.62. The average molecular weight is 416 g/mol. The molecule has 25 heavy (non-hydrogen) atoms. The van der Waals surface area contributed by atoms with Gasteiger partial charge in [0.2, 0.25) is 0 Å². The molecule has 0 aliphatic carbocycles. The molecule has 0 unspecified atom stereocenters. The molecule has 128 valence electrons. The normalized spacial score (nSPS) is 17.3. The molecule has 4 nitrogen and oxygen atoms in total. The minimum atomic E-state index is -0.0484. The predicted molar refractivity (Wildman–Crippen MR) is 105 cm³/mol. The lowest BCUT2D eigenvalue weighted by molar-refractivity contribution is -0.120. The second-order valence-electron chi connectivity index (χ2n) is 6.28. The van der Waals surface area contributed by atoms with Gasteiger partial charge in [0.1, 0.15) is 0 Å². The molecule has 1 fully saturated rings. The van der Waals surface area contributed by atoms with E-state index < -0.39 is 0 Å². The summed E-state index contributed by atoms with van der Waals surface area (Å²) in [5.74, 6) is 0.315. The van der Waals surface area contributed by atoms with Gasteiger partial charge in [0, 0.05) is 23.6 Å². The Morgan fingerprint density at radius 1 is 1.32 bits per heavy atom. The molecule has 3 heterocycles. The van der Waals surface area contributed by atoms with Crippen molar-refractivity contribution in [2.75, 3.05) is 11.4 Å². The quantitative estimate of drug-likeness (QED) is 0.609. The second kappa shape index (κ2) is 7.22. The van der Waals surface area contributed by atoms with Gasteiger partial charge in [0.25, 0.3) is 0 Å². The number of aromatic nitrogens is 2. The van der Waals surface area contributed by atoms with Crippen LogP contribution in [0.1, 0.15) is 24.8 Å². The summed E-state index contributed by atoms with van der Waals surface area (Å²) in [5.41, 5.74) is 1.97. The number of hydrogen-bond donors (Lipinski definition) is 0. The van der Waals surface area contributed by atoms with Gasteiger partial charge < -0.3 is 4.90 Å². The number of benzene rings is 1. The first-order chi connectivity index (χ1) is 12.2. The number of thiazole rings is 1. The van der Waals surface area contributed by atoms with Crippen molar-refractivity contribution >= 4 is 48.5 Å². The largest absolute Gasteiger partial charge is 0.338 e. The van der Waals surface area contributed by atoms with Gasteiger partial charge >= 0.3 is 0 Å². The van der Waals surface area contributed by atoms with E-state index in [4.69, 9.17) is 0 Å². The number of fused-ring (bicyclic) bond motifs is 1. The van der Waals surface area contributed by atoms with Crippen molar-refractivity contribution in [1.82, 2.24) is 9.97 Å². The van der Waals surface area contributed by atoms with Crippen LogP contribution in [-0.2, 0) is 11.2 Å². The van der Waals surface area contributed by atoms with Crippen LogP contribution in [0.4, 0.5) is 5.13 Å². The van der Waals surface area contributed by atoms with Crippen molar-refractivity contribution in [1.29, 1.82) is 0 Å². The number of carbonyl (C=O) groups excluding carboxylic acids is 1. The number of hydrogen-bond acceptors (Lipinski definition) is 5. The Labute approximate surface area is 159 Å². The summed E-state index contributed by atoms with van der Waals surface area (Å²) in [5, 5.41) is 0.913. The number of anilines is 1. The summed E-state index contributed by atoms with van der Waals surface area (Å²) in [4.78, 5) is 24.0. The SMILES string of the molecule is O=C(CCc1ccccc1)[C@H]1CCCN1c1nc2ncc(Br)cc2s1. The lowest BCUT2D eigenvalue weighted by Crippen LogP contribution is -2.36. The molecule has 2 aromatic heterocycles. The van der Waals surface area contributed by atoms with Crippen LogP contribution in [-0.4, -0.2) is 28.3 Å². The molecular formula is C19H18BrN3OS. The minimum Gasteiger partial charge on any atom is -0.338 e. The maximum Gasteiger partial charge on any atom is 0.188 e. The first kappa shape index (κ1) is 16.7. The van der Waals surface area contributed by atoms with E-state index >= 15 is 0 Å². The summed E-state index contributed by atoms with van der Waals surface area (Å²) in [7, 11) is 0. The molecule has 3 aromatic rings. The Morgan fingerprint density at radius 3 is 3.00 bits per heavy atom. The van der Waals surface area contributed by atoms with E-state index in [0.29, 0.717) is 12.2 Å². The van der Waals surface area contributed by atoms with Crippen LogP contribution in [0.5, 0.6) is 0 Å². The van der Waals surface area contributed by atoms with Gasteiger partial charge in [-0.05, 0) is 46.8 Å². The molecule has 0 bridgehead atoms. The van der Waals surface area contributed by atoms with Crippen LogP contribution in [0, 0.1) is 0 Å². The van der Waals surface area contributed by atoms with Crippen molar-refractivity contribution in [3.8, 4) is 0 Å². The number of aryl methyl sites for hydroxylation is 1. The van der Waals surface area contributed by atoms with Gasteiger partial charge in [-0.25, -0.2) is 4.98 Å². The van der Waals surface area contributed by atoms with Crippen molar-refractivity contribution < 1.29 is 4.79 Å². The Balaban J connectivity index is 1.50. The zero-order chi connectivity index (χ0) is 17.2. The van der Waals surface area contributed by atoms with Crippen LogP contribution in [0.25, 0.3) is 10.3 Å². The fraction of sp³-hybridized carbons (Fsp3) is 0.316. The minimum absolute atomic E-state index is 0.0484. The monoisotopic (exact) mass is 415 g/mol. The number of ketones is 1. The van der Waals surface area contributed by atoms with Crippen LogP contribution < -0.4 is 4.90 Å². The van der Waals surface area contributed by atoms with E-state index in [2.05, 4.69) is 42.9 Å². The van der Waals surface area contributed by atoms with Crippen molar-refractivity contribution in [2.24, 2.45) is 0 Å². The second-order valence-corrected chi connectivity index (χ2v) is 8.20.